The van der Waals surface area contributed by atoms with Crippen LogP contribution in [0, 0.1) is 36.0 Å². The van der Waals surface area contributed by atoms with Gasteiger partial charge in [-0.05, 0) is 45.8 Å². The van der Waals surface area contributed by atoms with Crippen molar-refractivity contribution in [3.05, 3.63) is 33.3 Å². The molecule has 0 saturated carbocycles. The monoisotopic (exact) mass is 561 g/mol. The Morgan fingerprint density at radius 3 is 2.28 bits per heavy atom. The largest absolute Gasteiger partial charge is 0.469 e. The average Bonchev–Trinajstić information content (AvgIpc) is 3.31. The van der Waals surface area contributed by atoms with Gasteiger partial charge in [-0.3, -0.25) is 9.59 Å². The zero-order valence-corrected chi connectivity index (χ0v) is 26.4. The Hall–Kier alpha value is -2.31. The highest BCUT2D eigenvalue weighted by molar-refractivity contribution is 7.09. The fourth-order valence-electron chi connectivity index (χ4n) is 4.66. The van der Waals surface area contributed by atoms with Crippen molar-refractivity contribution in [2.75, 3.05) is 28.4 Å². The van der Waals surface area contributed by atoms with E-state index in [0.29, 0.717) is 6.42 Å². The number of carbonyl (C=O) groups excluding carboxylic acids is 2. The third-order valence-corrected chi connectivity index (χ3v) is 7.95. The van der Waals surface area contributed by atoms with E-state index in [1.54, 1.807) is 39.4 Å². The number of ether oxygens (including phenoxy) is 4. The van der Waals surface area contributed by atoms with E-state index in [1.807, 2.05) is 26.2 Å². The van der Waals surface area contributed by atoms with Gasteiger partial charge in [0.25, 0.3) is 0 Å². The van der Waals surface area contributed by atoms with E-state index in [2.05, 4.69) is 42.8 Å². The molecule has 1 aromatic heterocycles. The number of hydrogen-bond acceptors (Lipinski definition) is 8. The van der Waals surface area contributed by atoms with Gasteiger partial charge in [0.1, 0.15) is 5.78 Å². The SMILES string of the molecule is COC(=O)CC(OC)C(C)(C)C(=O)C(C)C(OC)C(C)C#CC/C(C)=C\CC(OC)/C(C)=C/c1csc(C)n1. The summed E-state index contributed by atoms with van der Waals surface area (Å²) in [5.41, 5.74) is 2.33. The van der Waals surface area contributed by atoms with E-state index in [4.69, 9.17) is 18.9 Å². The Bertz CT molecular complexity index is 1060. The van der Waals surface area contributed by atoms with Crippen LogP contribution >= 0.6 is 11.3 Å². The zero-order valence-electron chi connectivity index (χ0n) is 25.5. The van der Waals surface area contributed by atoms with Crippen molar-refractivity contribution in [3.8, 4) is 11.8 Å². The quantitative estimate of drug-likeness (QED) is 0.146. The molecule has 0 saturated heterocycles. The predicted molar refractivity (Wildman–Crippen MR) is 157 cm³/mol. The first-order valence-corrected chi connectivity index (χ1v) is 14.1. The van der Waals surface area contributed by atoms with Gasteiger partial charge in [0.2, 0.25) is 0 Å². The molecule has 0 aliphatic rings. The number of nitrogens with zero attached hydrogens (tertiary/aromatic N) is 1. The van der Waals surface area contributed by atoms with E-state index in [9.17, 15) is 9.59 Å². The van der Waals surface area contributed by atoms with Crippen LogP contribution in [0.4, 0.5) is 0 Å². The van der Waals surface area contributed by atoms with Gasteiger partial charge in [-0.25, -0.2) is 4.98 Å². The summed E-state index contributed by atoms with van der Waals surface area (Å²) in [7, 11) is 6.14. The van der Waals surface area contributed by atoms with Crippen LogP contribution in [0.1, 0.15) is 71.5 Å². The summed E-state index contributed by atoms with van der Waals surface area (Å²) >= 11 is 1.63. The van der Waals surface area contributed by atoms with E-state index in [1.165, 1.54) is 14.2 Å². The smallest absolute Gasteiger partial charge is 0.308 e. The Morgan fingerprint density at radius 1 is 1.10 bits per heavy atom. The van der Waals surface area contributed by atoms with E-state index < -0.39 is 29.5 Å². The van der Waals surface area contributed by atoms with E-state index in [-0.39, 0.29) is 24.2 Å². The third kappa shape index (κ3) is 10.6. The van der Waals surface area contributed by atoms with Crippen molar-refractivity contribution >= 4 is 29.2 Å². The Morgan fingerprint density at radius 2 is 1.77 bits per heavy atom. The molecule has 0 N–H and O–H groups in total. The molecule has 0 bridgehead atoms. The van der Waals surface area contributed by atoms with Crippen LogP contribution in [0.3, 0.4) is 0 Å². The van der Waals surface area contributed by atoms with Gasteiger partial charge in [-0.15, -0.1) is 11.3 Å². The summed E-state index contributed by atoms with van der Waals surface area (Å²) in [6.07, 6.45) is 4.56. The lowest BCUT2D eigenvalue weighted by molar-refractivity contribution is -0.151. The van der Waals surface area contributed by atoms with Gasteiger partial charge in [-0.2, -0.15) is 0 Å². The van der Waals surface area contributed by atoms with Gasteiger partial charge in [0.15, 0.2) is 0 Å². The minimum atomic E-state index is -0.908. The molecule has 8 heteroatoms. The first-order valence-electron chi connectivity index (χ1n) is 13.3. The summed E-state index contributed by atoms with van der Waals surface area (Å²) in [6.45, 7) is 13.5. The van der Waals surface area contributed by atoms with Crippen LogP contribution in [0.2, 0.25) is 0 Å². The van der Waals surface area contributed by atoms with Crippen LogP contribution in [-0.4, -0.2) is 63.5 Å². The molecular formula is C31H47NO6S. The number of thiazole rings is 1. The van der Waals surface area contributed by atoms with Crippen LogP contribution in [-0.2, 0) is 28.5 Å². The zero-order chi connectivity index (χ0) is 29.8. The molecule has 0 aromatic carbocycles. The lowest BCUT2D eigenvalue weighted by Crippen LogP contribution is -2.46. The molecule has 39 heavy (non-hydrogen) atoms. The first-order chi connectivity index (χ1) is 18.3. The molecule has 1 aromatic rings. The molecule has 5 unspecified atom stereocenters. The molecule has 218 valence electrons. The second-order valence-electron chi connectivity index (χ2n) is 10.6. The molecule has 0 amide bonds. The van der Waals surface area contributed by atoms with Crippen molar-refractivity contribution in [1.29, 1.82) is 0 Å². The first kappa shape index (κ1) is 34.7. The van der Waals surface area contributed by atoms with Crippen molar-refractivity contribution in [1.82, 2.24) is 4.98 Å². The van der Waals surface area contributed by atoms with Gasteiger partial charge in [-0.1, -0.05) is 44.3 Å². The van der Waals surface area contributed by atoms with E-state index in [0.717, 1.165) is 28.3 Å². The molecule has 0 spiro atoms. The van der Waals surface area contributed by atoms with Crippen molar-refractivity contribution < 1.29 is 28.5 Å². The molecule has 0 aliphatic heterocycles. The Labute approximate surface area is 239 Å². The normalized spacial score (nSPS) is 16.5. The number of ketones is 1. The molecule has 1 heterocycles. The highest BCUT2D eigenvalue weighted by atomic mass is 32.1. The minimum absolute atomic E-state index is 0.000857. The minimum Gasteiger partial charge on any atom is -0.469 e. The Kier molecular flexibility index (Phi) is 14.9. The van der Waals surface area contributed by atoms with E-state index >= 15 is 0 Å². The summed E-state index contributed by atoms with van der Waals surface area (Å²) in [5.74, 6) is 5.45. The standard InChI is InChI=1S/C31H47NO6S/c1-20(15-16-26(35-8)22(3)17-25-19-39-24(5)32-25)13-12-14-21(2)29(38-11)23(4)30(34)31(6,7)27(36-9)18-28(33)37-10/h15,17,19,21,23,26-27,29H,13,16,18H2,1-11H3/b20-15-,22-17+. The number of aryl methyl sites for hydroxylation is 1. The summed E-state index contributed by atoms with van der Waals surface area (Å²) < 4.78 is 21.7. The molecule has 1 rings (SSSR count). The second kappa shape index (κ2) is 16.7. The number of rotatable bonds is 15. The fourth-order valence-corrected chi connectivity index (χ4v) is 5.23. The van der Waals surface area contributed by atoms with Crippen molar-refractivity contribution in [2.24, 2.45) is 17.3 Å². The summed E-state index contributed by atoms with van der Waals surface area (Å²) in [4.78, 5) is 29.8. The number of hydrogen-bond donors (Lipinski definition) is 0. The van der Waals surface area contributed by atoms with Crippen molar-refractivity contribution in [2.45, 2.75) is 86.0 Å². The van der Waals surface area contributed by atoms with Crippen LogP contribution in [0.25, 0.3) is 6.08 Å². The summed E-state index contributed by atoms with van der Waals surface area (Å²) in [5, 5.41) is 3.09. The number of aromatic nitrogens is 1. The molecule has 5 atom stereocenters. The van der Waals surface area contributed by atoms with Crippen molar-refractivity contribution in [3.63, 3.8) is 0 Å². The van der Waals surface area contributed by atoms with Crippen LogP contribution < -0.4 is 0 Å². The number of Topliss-reactive ketones (excluding diaryl/α,β-unsaturated/α-hetero) is 1. The number of allylic oxidation sites excluding steroid dienone is 1. The number of esters is 1. The highest BCUT2D eigenvalue weighted by Crippen LogP contribution is 2.33. The van der Waals surface area contributed by atoms with Gasteiger partial charge >= 0.3 is 5.97 Å². The molecule has 7 nitrogen and oxygen atoms in total. The third-order valence-electron chi connectivity index (χ3n) is 7.16. The maximum atomic E-state index is 13.5. The fraction of sp³-hybridized carbons (Fsp3) is 0.645. The average molecular weight is 562 g/mol. The topological polar surface area (TPSA) is 84.0 Å². The van der Waals surface area contributed by atoms with Gasteiger partial charge in [0, 0.05) is 45.0 Å². The van der Waals surface area contributed by atoms with Gasteiger partial charge in [0.05, 0.1) is 48.0 Å². The maximum absolute atomic E-state index is 13.5. The van der Waals surface area contributed by atoms with Gasteiger partial charge < -0.3 is 18.9 Å². The number of carbonyl (C=O) groups is 2. The van der Waals surface area contributed by atoms with Crippen LogP contribution in [0.5, 0.6) is 0 Å². The molecule has 0 fully saturated rings. The molecule has 0 radical (unpaired) electrons. The maximum Gasteiger partial charge on any atom is 0.308 e. The lowest BCUT2D eigenvalue weighted by atomic mass is 9.73. The molecule has 0 aliphatic carbocycles. The predicted octanol–water partition coefficient (Wildman–Crippen LogP) is 6.06. The second-order valence-corrected chi connectivity index (χ2v) is 11.6. The Balaban J connectivity index is 2.84. The lowest BCUT2D eigenvalue weighted by Gasteiger charge is -2.36. The number of methoxy groups -OCH3 is 4. The highest BCUT2D eigenvalue weighted by Gasteiger charge is 2.43. The van der Waals surface area contributed by atoms with Crippen LogP contribution in [0.15, 0.2) is 22.6 Å². The summed E-state index contributed by atoms with van der Waals surface area (Å²) in [6, 6.07) is 0. The molecular weight excluding hydrogens is 514 g/mol.